The zero-order chi connectivity index (χ0) is 37.6. The van der Waals surface area contributed by atoms with Gasteiger partial charge in [-0.2, -0.15) is 0 Å². The number of aliphatic hydroxyl groups is 2. The highest BCUT2D eigenvalue weighted by atomic mass is 16.8. The summed E-state index contributed by atoms with van der Waals surface area (Å²) >= 11 is 0. The number of benzene rings is 1. The van der Waals surface area contributed by atoms with Gasteiger partial charge in [0.2, 0.25) is 6.29 Å². The van der Waals surface area contributed by atoms with Crippen LogP contribution in [0.3, 0.4) is 0 Å². The van der Waals surface area contributed by atoms with E-state index in [4.69, 9.17) is 33.2 Å². The molecule has 2 saturated heterocycles. The van der Waals surface area contributed by atoms with Gasteiger partial charge in [-0.3, -0.25) is 4.79 Å². The molecule has 280 valence electrons. The van der Waals surface area contributed by atoms with Gasteiger partial charge in [0.1, 0.15) is 18.3 Å². The number of carbonyl (C=O) groups is 3. The third kappa shape index (κ3) is 9.64. The first kappa shape index (κ1) is 40.9. The van der Waals surface area contributed by atoms with Crippen LogP contribution in [0.1, 0.15) is 92.7 Å². The molecule has 0 unspecified atom stereocenters. The van der Waals surface area contributed by atoms with Gasteiger partial charge in [-0.25, -0.2) is 9.59 Å². The van der Waals surface area contributed by atoms with Crippen molar-refractivity contribution in [3.63, 3.8) is 0 Å². The van der Waals surface area contributed by atoms with Gasteiger partial charge in [-0.15, -0.1) is 0 Å². The summed E-state index contributed by atoms with van der Waals surface area (Å²) in [4.78, 5) is 39.1. The molecule has 2 fully saturated rings. The third-order valence-electron chi connectivity index (χ3n) is 8.86. The van der Waals surface area contributed by atoms with Gasteiger partial charge in [-0.1, -0.05) is 52.0 Å². The predicted molar refractivity (Wildman–Crippen MR) is 181 cm³/mol. The molecule has 1 aromatic carbocycles. The molecule has 0 amide bonds. The van der Waals surface area contributed by atoms with Crippen molar-refractivity contribution in [2.45, 2.75) is 150 Å². The second-order valence-corrected chi connectivity index (χ2v) is 13.7. The second-order valence-electron chi connectivity index (χ2n) is 13.7. The fourth-order valence-corrected chi connectivity index (χ4v) is 5.50. The average molecular weight is 707 g/mol. The lowest BCUT2D eigenvalue weighted by atomic mass is 9.96. The molecule has 2 heterocycles. The predicted octanol–water partition coefficient (Wildman–Crippen LogP) is 4.51. The number of ether oxygens (including phenoxy) is 7. The lowest BCUT2D eigenvalue weighted by molar-refractivity contribution is -0.348. The minimum atomic E-state index is -1.73. The van der Waals surface area contributed by atoms with Crippen molar-refractivity contribution in [3.8, 4) is 11.5 Å². The molecule has 10 atom stereocenters. The summed E-state index contributed by atoms with van der Waals surface area (Å²) in [6.07, 6.45) is -10.6. The standard InChI is InChI=1S/C37H54O13/c1-12-19(7)34(42)47-29-23(11)45-37(49-30-24(18(5)6)15-14-21(9)26(30)39)33(46-25(38)16-17(3)4)32(29)50-36-28(41)31(27(40)22(10)44-36)48-35(43)20(8)13-2/h12-15,17-18,22-23,27-29,31-33,36-37,39-41H,16H2,1-11H3/t22-,23-,27+,28-,29+,31+,32+,33-,36+,37+/m1/s1. The van der Waals surface area contributed by atoms with Crippen LogP contribution < -0.4 is 4.74 Å². The summed E-state index contributed by atoms with van der Waals surface area (Å²) in [6.45, 7) is 18.7. The maximum atomic E-state index is 13.3. The lowest BCUT2D eigenvalue weighted by Gasteiger charge is -2.47. The van der Waals surface area contributed by atoms with E-state index >= 15 is 0 Å². The molecular formula is C37H54O13. The number of aromatic hydroxyl groups is 1. The molecule has 50 heavy (non-hydrogen) atoms. The number of phenols is 1. The summed E-state index contributed by atoms with van der Waals surface area (Å²) in [6, 6.07) is 3.57. The van der Waals surface area contributed by atoms with Crippen LogP contribution in [0.5, 0.6) is 11.5 Å². The summed E-state index contributed by atoms with van der Waals surface area (Å²) in [5.74, 6) is -2.30. The topological polar surface area (TPSA) is 177 Å². The van der Waals surface area contributed by atoms with Crippen LogP contribution in [0.15, 0.2) is 35.4 Å². The highest BCUT2D eigenvalue weighted by Gasteiger charge is 2.55. The Labute approximate surface area is 294 Å². The van der Waals surface area contributed by atoms with Crippen molar-refractivity contribution in [2.24, 2.45) is 5.92 Å². The smallest absolute Gasteiger partial charge is 0.333 e. The highest BCUT2D eigenvalue weighted by molar-refractivity contribution is 5.88. The van der Waals surface area contributed by atoms with E-state index in [1.807, 2.05) is 33.8 Å². The van der Waals surface area contributed by atoms with Crippen molar-refractivity contribution in [3.05, 3.63) is 46.6 Å². The minimum Gasteiger partial charge on any atom is -0.504 e. The van der Waals surface area contributed by atoms with E-state index in [-0.39, 0.29) is 40.9 Å². The molecular weight excluding hydrogens is 652 g/mol. The Morgan fingerprint density at radius 1 is 0.800 bits per heavy atom. The summed E-state index contributed by atoms with van der Waals surface area (Å²) in [7, 11) is 0. The number of rotatable bonds is 12. The highest BCUT2D eigenvalue weighted by Crippen LogP contribution is 2.41. The zero-order valence-corrected chi connectivity index (χ0v) is 30.9. The Kier molecular flexibility index (Phi) is 14.4. The number of hydrogen-bond acceptors (Lipinski definition) is 13. The van der Waals surface area contributed by atoms with Crippen LogP contribution in [-0.2, 0) is 42.8 Å². The third-order valence-corrected chi connectivity index (χ3v) is 8.86. The Morgan fingerprint density at radius 3 is 1.90 bits per heavy atom. The number of allylic oxidation sites excluding steroid dienone is 2. The van der Waals surface area contributed by atoms with Crippen molar-refractivity contribution in [1.82, 2.24) is 0 Å². The van der Waals surface area contributed by atoms with Gasteiger partial charge in [0.15, 0.2) is 36.1 Å². The van der Waals surface area contributed by atoms with Gasteiger partial charge in [0, 0.05) is 23.1 Å². The van der Waals surface area contributed by atoms with Crippen LogP contribution in [0.4, 0.5) is 0 Å². The average Bonchev–Trinajstić information content (AvgIpc) is 3.05. The second kappa shape index (κ2) is 17.6. The number of carbonyl (C=O) groups excluding carboxylic acids is 3. The molecule has 3 N–H and O–H groups in total. The molecule has 0 aliphatic carbocycles. The molecule has 0 spiro atoms. The summed E-state index contributed by atoms with van der Waals surface area (Å²) in [5.41, 5.74) is 1.72. The van der Waals surface area contributed by atoms with Crippen LogP contribution in [0.2, 0.25) is 0 Å². The van der Waals surface area contributed by atoms with Crippen LogP contribution in [0, 0.1) is 12.8 Å². The van der Waals surface area contributed by atoms with Crippen molar-refractivity contribution in [2.75, 3.05) is 0 Å². The monoisotopic (exact) mass is 706 g/mol. The molecule has 13 heteroatoms. The summed E-state index contributed by atoms with van der Waals surface area (Å²) in [5, 5.41) is 33.4. The van der Waals surface area contributed by atoms with E-state index in [0.717, 1.165) is 0 Å². The largest absolute Gasteiger partial charge is 0.504 e. The summed E-state index contributed by atoms with van der Waals surface area (Å²) < 4.78 is 42.3. The van der Waals surface area contributed by atoms with Crippen molar-refractivity contribution in [1.29, 1.82) is 0 Å². The Hall–Kier alpha value is -3.49. The fraction of sp³-hybridized carbons (Fsp3) is 0.649. The quantitative estimate of drug-likeness (QED) is 0.157. The van der Waals surface area contributed by atoms with Crippen molar-refractivity contribution < 1.29 is 62.9 Å². The Balaban J connectivity index is 2.15. The van der Waals surface area contributed by atoms with Gasteiger partial charge in [0.05, 0.1) is 12.2 Å². The molecule has 13 nitrogen and oxygen atoms in total. The van der Waals surface area contributed by atoms with E-state index < -0.39 is 79.3 Å². The maximum Gasteiger partial charge on any atom is 0.333 e. The minimum absolute atomic E-state index is 0.00860. The Bertz CT molecular complexity index is 1420. The van der Waals surface area contributed by atoms with Crippen LogP contribution in [-0.4, -0.2) is 94.6 Å². The van der Waals surface area contributed by atoms with Gasteiger partial charge < -0.3 is 48.5 Å². The molecule has 0 radical (unpaired) electrons. The molecule has 3 rings (SSSR count). The Morgan fingerprint density at radius 2 is 1.36 bits per heavy atom. The van der Waals surface area contributed by atoms with Crippen molar-refractivity contribution >= 4 is 17.9 Å². The molecule has 0 aromatic heterocycles. The first-order chi connectivity index (χ1) is 23.4. The van der Waals surface area contributed by atoms with Gasteiger partial charge in [-0.05, 0) is 65.9 Å². The first-order valence-electron chi connectivity index (χ1n) is 17.1. The van der Waals surface area contributed by atoms with Gasteiger partial charge in [0.25, 0.3) is 0 Å². The van der Waals surface area contributed by atoms with E-state index in [0.29, 0.717) is 11.1 Å². The van der Waals surface area contributed by atoms with E-state index in [9.17, 15) is 29.7 Å². The lowest BCUT2D eigenvalue weighted by Crippen LogP contribution is -2.65. The number of hydrogen-bond donors (Lipinski definition) is 3. The molecule has 0 saturated carbocycles. The molecule has 1 aromatic rings. The molecule has 2 aliphatic rings. The van der Waals surface area contributed by atoms with E-state index in [1.54, 1.807) is 46.8 Å². The fourth-order valence-electron chi connectivity index (χ4n) is 5.50. The number of esters is 3. The zero-order valence-electron chi connectivity index (χ0n) is 30.9. The number of aliphatic hydroxyl groups excluding tert-OH is 2. The van der Waals surface area contributed by atoms with Crippen LogP contribution >= 0.6 is 0 Å². The van der Waals surface area contributed by atoms with Gasteiger partial charge >= 0.3 is 17.9 Å². The normalized spacial score (nSPS) is 30.6. The van der Waals surface area contributed by atoms with Crippen LogP contribution in [0.25, 0.3) is 0 Å². The molecule has 2 aliphatic heterocycles. The van der Waals surface area contributed by atoms with E-state index in [2.05, 4.69) is 0 Å². The number of phenolic OH excluding ortho intramolecular Hbond substituents is 1. The van der Waals surface area contributed by atoms with E-state index in [1.165, 1.54) is 19.9 Å². The maximum absolute atomic E-state index is 13.3. The SMILES string of the molecule is CC=C(C)C(=O)O[C@H]1[C@@H](O)[C@@H](C)O[C@@H](O[C@H]2[C@@H](OC(=O)C(C)=CC)[C@@H](C)O[C@@H](Oc3c(C(C)C)ccc(C)c3O)[C@@H]2OC(=O)CC(C)C)[C@@H]1O. The molecule has 0 bridgehead atoms. The number of aryl methyl sites for hydroxylation is 1. The first-order valence-corrected chi connectivity index (χ1v) is 17.1.